The van der Waals surface area contributed by atoms with Crippen LogP contribution in [-0.2, 0) is 6.42 Å². The predicted molar refractivity (Wildman–Crippen MR) is 67.5 cm³/mol. The van der Waals surface area contributed by atoms with Gasteiger partial charge in [0, 0.05) is 0 Å². The van der Waals surface area contributed by atoms with Crippen LogP contribution < -0.4 is 0 Å². The van der Waals surface area contributed by atoms with E-state index in [0.29, 0.717) is 0 Å². The summed E-state index contributed by atoms with van der Waals surface area (Å²) in [6.45, 7) is 2.17. The zero-order valence-electron chi connectivity index (χ0n) is 10.3. The van der Waals surface area contributed by atoms with Crippen LogP contribution >= 0.6 is 0 Å². The first-order chi connectivity index (χ1) is 8.15. The molecule has 0 fully saturated rings. The standard InChI is InChI=1S/C14H20O3/c1-2-3-4-5-6-7-11-10-12(14(16)17)8-9-13(11)15/h8-10,15H,2-7H2,1H3,(H,16,17). The maximum Gasteiger partial charge on any atom is 0.335 e. The van der Waals surface area contributed by atoms with Gasteiger partial charge >= 0.3 is 5.97 Å². The number of aromatic carboxylic acids is 1. The molecule has 0 saturated heterocycles. The van der Waals surface area contributed by atoms with Crippen LogP contribution in [-0.4, -0.2) is 16.2 Å². The number of carboxylic acid groups (broad SMARTS) is 1. The summed E-state index contributed by atoms with van der Waals surface area (Å²) in [7, 11) is 0. The largest absolute Gasteiger partial charge is 0.508 e. The number of hydrogen-bond donors (Lipinski definition) is 2. The number of phenolic OH excluding ortho intramolecular Hbond substituents is 1. The normalized spacial score (nSPS) is 10.4. The monoisotopic (exact) mass is 236 g/mol. The summed E-state index contributed by atoms with van der Waals surface area (Å²) in [6.07, 6.45) is 6.52. The third-order valence-corrected chi connectivity index (χ3v) is 2.88. The lowest BCUT2D eigenvalue weighted by molar-refractivity contribution is 0.0696. The van der Waals surface area contributed by atoms with Gasteiger partial charge in [0.15, 0.2) is 0 Å². The minimum atomic E-state index is -0.947. The summed E-state index contributed by atoms with van der Waals surface area (Å²) in [5.41, 5.74) is 0.979. The lowest BCUT2D eigenvalue weighted by atomic mass is 10.0. The lowest BCUT2D eigenvalue weighted by Crippen LogP contribution is -1.98. The Labute approximate surface area is 102 Å². The molecule has 0 atom stereocenters. The Hall–Kier alpha value is -1.51. The summed E-state index contributed by atoms with van der Waals surface area (Å²) < 4.78 is 0. The highest BCUT2D eigenvalue weighted by atomic mass is 16.4. The first kappa shape index (κ1) is 13.6. The van der Waals surface area contributed by atoms with Crippen LogP contribution in [0.5, 0.6) is 5.75 Å². The van der Waals surface area contributed by atoms with Crippen molar-refractivity contribution in [3.8, 4) is 5.75 Å². The smallest absolute Gasteiger partial charge is 0.335 e. The quantitative estimate of drug-likeness (QED) is 0.711. The van der Waals surface area contributed by atoms with Crippen LogP contribution in [0.15, 0.2) is 18.2 Å². The molecule has 0 amide bonds. The Morgan fingerprint density at radius 3 is 2.53 bits per heavy atom. The summed E-state index contributed by atoms with van der Waals surface area (Å²) >= 11 is 0. The van der Waals surface area contributed by atoms with Crippen molar-refractivity contribution in [3.63, 3.8) is 0 Å². The van der Waals surface area contributed by atoms with Gasteiger partial charge in [-0.3, -0.25) is 0 Å². The number of hydrogen-bond acceptors (Lipinski definition) is 2. The second-order valence-electron chi connectivity index (χ2n) is 4.31. The van der Waals surface area contributed by atoms with Crippen LogP contribution in [0.1, 0.15) is 54.9 Å². The third-order valence-electron chi connectivity index (χ3n) is 2.88. The fourth-order valence-corrected chi connectivity index (χ4v) is 1.84. The van der Waals surface area contributed by atoms with E-state index in [4.69, 9.17) is 5.11 Å². The number of aryl methyl sites for hydroxylation is 1. The van der Waals surface area contributed by atoms with Crippen molar-refractivity contribution in [1.82, 2.24) is 0 Å². The van der Waals surface area contributed by atoms with E-state index in [1.54, 1.807) is 6.07 Å². The second kappa shape index (κ2) is 6.94. The van der Waals surface area contributed by atoms with Crippen LogP contribution in [0.4, 0.5) is 0 Å². The van der Waals surface area contributed by atoms with Crippen molar-refractivity contribution in [1.29, 1.82) is 0 Å². The van der Waals surface area contributed by atoms with E-state index >= 15 is 0 Å². The minimum absolute atomic E-state index is 0.200. The second-order valence-corrected chi connectivity index (χ2v) is 4.31. The topological polar surface area (TPSA) is 57.5 Å². The van der Waals surface area contributed by atoms with Crippen molar-refractivity contribution < 1.29 is 15.0 Å². The van der Waals surface area contributed by atoms with Crippen LogP contribution in [0.3, 0.4) is 0 Å². The van der Waals surface area contributed by atoms with Crippen LogP contribution in [0, 0.1) is 0 Å². The number of benzene rings is 1. The molecule has 0 radical (unpaired) electrons. The number of aromatic hydroxyl groups is 1. The third kappa shape index (κ3) is 4.47. The Balaban J connectivity index is 2.51. The average molecular weight is 236 g/mol. The molecule has 17 heavy (non-hydrogen) atoms. The maximum atomic E-state index is 10.8. The van der Waals surface area contributed by atoms with Gasteiger partial charge in [0.05, 0.1) is 5.56 Å². The molecule has 1 aromatic carbocycles. The Kier molecular flexibility index (Phi) is 5.53. The number of phenols is 1. The van der Waals surface area contributed by atoms with Crippen molar-refractivity contribution in [3.05, 3.63) is 29.3 Å². The van der Waals surface area contributed by atoms with Gasteiger partial charge in [0.25, 0.3) is 0 Å². The maximum absolute atomic E-state index is 10.8. The molecular formula is C14H20O3. The van der Waals surface area contributed by atoms with E-state index < -0.39 is 5.97 Å². The Bertz CT molecular complexity index is 372. The molecule has 94 valence electrons. The number of unbranched alkanes of at least 4 members (excludes halogenated alkanes) is 4. The summed E-state index contributed by atoms with van der Waals surface area (Å²) in [4.78, 5) is 10.8. The molecule has 0 aliphatic carbocycles. The van der Waals surface area contributed by atoms with Gasteiger partial charge in [-0.2, -0.15) is 0 Å². The van der Waals surface area contributed by atoms with Crippen molar-refractivity contribution in [2.45, 2.75) is 45.4 Å². The van der Waals surface area contributed by atoms with Crippen molar-refractivity contribution in [2.24, 2.45) is 0 Å². The molecule has 0 heterocycles. The van der Waals surface area contributed by atoms with Crippen molar-refractivity contribution >= 4 is 5.97 Å². The molecule has 0 bridgehead atoms. The van der Waals surface area contributed by atoms with E-state index in [9.17, 15) is 9.90 Å². The molecule has 2 N–H and O–H groups in total. The molecule has 0 aliphatic rings. The molecule has 0 saturated carbocycles. The molecule has 1 rings (SSSR count). The van der Waals surface area contributed by atoms with Crippen molar-refractivity contribution in [2.75, 3.05) is 0 Å². The number of carboxylic acids is 1. The highest BCUT2D eigenvalue weighted by Crippen LogP contribution is 2.21. The van der Waals surface area contributed by atoms with E-state index in [1.807, 2.05) is 0 Å². The molecule has 1 aromatic rings. The lowest BCUT2D eigenvalue weighted by Gasteiger charge is -2.05. The van der Waals surface area contributed by atoms with Gasteiger partial charge in [0.1, 0.15) is 5.75 Å². The van der Waals surface area contributed by atoms with E-state index in [0.717, 1.165) is 24.8 Å². The number of carbonyl (C=O) groups is 1. The Morgan fingerprint density at radius 1 is 1.18 bits per heavy atom. The summed E-state index contributed by atoms with van der Waals surface area (Å²) in [5, 5.41) is 18.5. The fraction of sp³-hybridized carbons (Fsp3) is 0.500. The zero-order chi connectivity index (χ0) is 12.7. The Morgan fingerprint density at radius 2 is 1.88 bits per heavy atom. The van der Waals surface area contributed by atoms with Gasteiger partial charge < -0.3 is 10.2 Å². The molecule has 0 aliphatic heterocycles. The molecule has 0 aromatic heterocycles. The molecule has 3 nitrogen and oxygen atoms in total. The SMILES string of the molecule is CCCCCCCc1cc(C(=O)O)ccc1O. The molecular weight excluding hydrogens is 216 g/mol. The van der Waals surface area contributed by atoms with Crippen LogP contribution in [0.2, 0.25) is 0 Å². The van der Waals surface area contributed by atoms with Crippen LogP contribution in [0.25, 0.3) is 0 Å². The van der Waals surface area contributed by atoms with Gasteiger partial charge in [-0.15, -0.1) is 0 Å². The predicted octanol–water partition coefficient (Wildman–Crippen LogP) is 3.60. The van der Waals surface area contributed by atoms with E-state index in [1.165, 1.54) is 31.4 Å². The first-order valence-corrected chi connectivity index (χ1v) is 6.20. The zero-order valence-corrected chi connectivity index (χ0v) is 10.3. The fourth-order valence-electron chi connectivity index (χ4n) is 1.84. The molecule has 0 spiro atoms. The summed E-state index contributed by atoms with van der Waals surface area (Å²) in [6, 6.07) is 4.46. The number of rotatable bonds is 7. The summed E-state index contributed by atoms with van der Waals surface area (Å²) in [5.74, 6) is -0.747. The molecule has 0 unspecified atom stereocenters. The van der Waals surface area contributed by atoms with Gasteiger partial charge in [-0.05, 0) is 36.6 Å². The van der Waals surface area contributed by atoms with Gasteiger partial charge in [-0.1, -0.05) is 32.6 Å². The molecule has 3 heteroatoms. The van der Waals surface area contributed by atoms with E-state index in [-0.39, 0.29) is 11.3 Å². The van der Waals surface area contributed by atoms with Gasteiger partial charge in [-0.25, -0.2) is 4.79 Å². The van der Waals surface area contributed by atoms with E-state index in [2.05, 4.69) is 6.92 Å². The highest BCUT2D eigenvalue weighted by molar-refractivity contribution is 5.88. The average Bonchev–Trinajstić information content (AvgIpc) is 2.30. The first-order valence-electron chi connectivity index (χ1n) is 6.20. The minimum Gasteiger partial charge on any atom is -0.508 e. The highest BCUT2D eigenvalue weighted by Gasteiger charge is 2.07. The van der Waals surface area contributed by atoms with Gasteiger partial charge in [0.2, 0.25) is 0 Å².